The Hall–Kier alpha value is -2.35. The van der Waals surface area contributed by atoms with Gasteiger partial charge in [-0.2, -0.15) is 0 Å². The van der Waals surface area contributed by atoms with Crippen molar-refractivity contribution < 1.29 is 23.8 Å². The highest BCUT2D eigenvalue weighted by Gasteiger charge is 2.37. The molecule has 6 nitrogen and oxygen atoms in total. The Morgan fingerprint density at radius 1 is 1.03 bits per heavy atom. The highest BCUT2D eigenvalue weighted by atomic mass is 35.5. The summed E-state index contributed by atoms with van der Waals surface area (Å²) in [5.41, 5.74) is 1.89. The molecule has 0 bridgehead atoms. The number of halogens is 3. The number of carbonyl (C=O) groups excluding carboxylic acids is 1. The van der Waals surface area contributed by atoms with Gasteiger partial charge >= 0.3 is 5.97 Å². The van der Waals surface area contributed by atoms with Gasteiger partial charge in [-0.05, 0) is 106 Å². The molecule has 2 saturated heterocycles. The van der Waals surface area contributed by atoms with Gasteiger partial charge in [-0.1, -0.05) is 23.2 Å². The molecule has 2 aromatic carbocycles. The number of benzene rings is 2. The summed E-state index contributed by atoms with van der Waals surface area (Å²) in [5, 5.41) is 10.7. The Morgan fingerprint density at radius 3 is 2.34 bits per heavy atom. The molecule has 0 aromatic heterocycles. The second-order valence-electron chi connectivity index (χ2n) is 10.8. The minimum Gasteiger partial charge on any atom is -0.493 e. The predicted molar refractivity (Wildman–Crippen MR) is 145 cm³/mol. The molecule has 2 aromatic rings. The van der Waals surface area contributed by atoms with Crippen LogP contribution in [0, 0.1) is 11.7 Å². The number of aliphatic carboxylic acids is 1. The van der Waals surface area contributed by atoms with Gasteiger partial charge in [-0.25, -0.2) is 9.18 Å². The first-order valence-corrected chi connectivity index (χ1v) is 14.2. The largest absolute Gasteiger partial charge is 0.493 e. The van der Waals surface area contributed by atoms with Gasteiger partial charge in [-0.15, -0.1) is 0 Å². The van der Waals surface area contributed by atoms with E-state index in [0.29, 0.717) is 47.7 Å². The maximum atomic E-state index is 15.2. The third kappa shape index (κ3) is 5.95. The summed E-state index contributed by atoms with van der Waals surface area (Å²) < 4.78 is 21.3. The fraction of sp³-hybridized carbons (Fsp3) is 0.517. The molecule has 38 heavy (non-hydrogen) atoms. The van der Waals surface area contributed by atoms with Gasteiger partial charge in [0.2, 0.25) is 0 Å². The summed E-state index contributed by atoms with van der Waals surface area (Å²) in [6, 6.07) is 7.89. The van der Waals surface area contributed by atoms with E-state index in [1.807, 2.05) is 12.1 Å². The zero-order valence-electron chi connectivity index (χ0n) is 21.5. The number of hydrogen-bond donors (Lipinski definition) is 1. The summed E-state index contributed by atoms with van der Waals surface area (Å²) in [5.74, 6) is -1.16. The molecule has 3 aliphatic rings. The van der Waals surface area contributed by atoms with Gasteiger partial charge in [-0.3, -0.25) is 9.69 Å². The molecule has 0 radical (unpaired) electrons. The van der Waals surface area contributed by atoms with E-state index in [2.05, 4.69) is 11.8 Å². The van der Waals surface area contributed by atoms with Crippen LogP contribution in [-0.2, 0) is 4.79 Å². The van der Waals surface area contributed by atoms with Crippen LogP contribution in [-0.4, -0.2) is 59.1 Å². The monoisotopic (exact) mass is 562 g/mol. The fourth-order valence-corrected chi connectivity index (χ4v) is 6.28. The first-order valence-electron chi connectivity index (χ1n) is 13.4. The van der Waals surface area contributed by atoms with Crippen LogP contribution in [0.4, 0.5) is 4.39 Å². The highest BCUT2D eigenvalue weighted by molar-refractivity contribution is 6.34. The van der Waals surface area contributed by atoms with E-state index in [1.165, 1.54) is 11.0 Å². The number of ether oxygens (including phenoxy) is 1. The van der Waals surface area contributed by atoms with Crippen molar-refractivity contribution in [2.75, 3.05) is 26.2 Å². The lowest BCUT2D eigenvalue weighted by molar-refractivity contribution is -0.141. The third-order valence-corrected chi connectivity index (χ3v) is 8.62. The molecule has 1 saturated carbocycles. The maximum absolute atomic E-state index is 15.2. The average Bonchev–Trinajstić information content (AvgIpc) is 3.61. The van der Waals surface area contributed by atoms with E-state index < -0.39 is 23.7 Å². The summed E-state index contributed by atoms with van der Waals surface area (Å²) in [6.45, 7) is 4.81. The summed E-state index contributed by atoms with van der Waals surface area (Å²) in [6.07, 6.45) is 4.86. The second kappa shape index (κ2) is 11.4. The van der Waals surface area contributed by atoms with Crippen LogP contribution in [0.2, 0.25) is 10.0 Å². The van der Waals surface area contributed by atoms with Gasteiger partial charge in [0.25, 0.3) is 5.91 Å². The quantitative estimate of drug-likeness (QED) is 0.395. The van der Waals surface area contributed by atoms with E-state index in [9.17, 15) is 14.7 Å². The van der Waals surface area contributed by atoms with Crippen molar-refractivity contribution in [3.05, 3.63) is 62.9 Å². The normalized spacial score (nSPS) is 21.5. The molecular formula is C29H33Cl2FN2O4. The topological polar surface area (TPSA) is 70.1 Å². The van der Waals surface area contributed by atoms with Crippen LogP contribution in [0.5, 0.6) is 5.75 Å². The van der Waals surface area contributed by atoms with Crippen molar-refractivity contribution in [2.45, 2.75) is 63.5 Å². The molecule has 204 valence electrons. The van der Waals surface area contributed by atoms with Gasteiger partial charge < -0.3 is 14.7 Å². The molecule has 0 spiro atoms. The van der Waals surface area contributed by atoms with Crippen LogP contribution in [0.25, 0.3) is 0 Å². The average molecular weight is 563 g/mol. The lowest BCUT2D eigenvalue weighted by Gasteiger charge is -2.36. The van der Waals surface area contributed by atoms with Crippen LogP contribution < -0.4 is 4.74 Å². The molecule has 9 heteroatoms. The van der Waals surface area contributed by atoms with E-state index in [-0.39, 0.29) is 17.5 Å². The Bertz CT molecular complexity index is 1190. The number of piperidine rings is 1. The first kappa shape index (κ1) is 27.2. The van der Waals surface area contributed by atoms with Crippen molar-refractivity contribution >= 4 is 35.1 Å². The first-order chi connectivity index (χ1) is 18.2. The number of carboxylic acids is 1. The van der Waals surface area contributed by atoms with Gasteiger partial charge in [0.05, 0.1) is 12.2 Å². The lowest BCUT2D eigenvalue weighted by Crippen LogP contribution is -2.40. The SMILES string of the molecule is C[C@@H](c1cc(Cl)cc(Cl)c1)N1CCC(COc2cc(F)c(C(=O)N3CCC[C@H]3C(=O)O)cc2C2CC2)CC1. The molecule has 2 heterocycles. The molecule has 1 N–H and O–H groups in total. The van der Waals surface area contributed by atoms with Crippen LogP contribution in [0.3, 0.4) is 0 Å². The van der Waals surface area contributed by atoms with Gasteiger partial charge in [0, 0.05) is 28.7 Å². The number of amides is 1. The van der Waals surface area contributed by atoms with Gasteiger partial charge in [0.1, 0.15) is 17.6 Å². The van der Waals surface area contributed by atoms with E-state index in [0.717, 1.165) is 49.9 Å². The molecule has 1 aliphatic carbocycles. The molecule has 3 fully saturated rings. The smallest absolute Gasteiger partial charge is 0.326 e. The maximum Gasteiger partial charge on any atom is 0.326 e. The Labute approximate surface area is 232 Å². The van der Waals surface area contributed by atoms with E-state index in [1.54, 1.807) is 12.1 Å². The van der Waals surface area contributed by atoms with Crippen molar-refractivity contribution in [3.63, 3.8) is 0 Å². The number of hydrogen-bond acceptors (Lipinski definition) is 4. The zero-order chi connectivity index (χ0) is 27.0. The number of carboxylic acid groups (broad SMARTS) is 1. The minimum atomic E-state index is -1.05. The molecule has 0 unspecified atom stereocenters. The Kier molecular flexibility index (Phi) is 8.17. The molecule has 1 amide bonds. The fourth-order valence-electron chi connectivity index (χ4n) is 5.74. The Morgan fingerprint density at radius 2 is 1.71 bits per heavy atom. The standard InChI is InChI=1S/C29H33Cl2FN2O4/c1-17(20-11-21(30)13-22(31)12-20)33-9-6-18(7-10-33)16-38-27-15-25(32)24(14-23(27)19-4-5-19)28(35)34-8-2-3-26(34)29(36)37/h11-15,17-19,26H,2-10,16H2,1H3,(H,36,37)/t17-,26-/m0/s1. The summed E-state index contributed by atoms with van der Waals surface area (Å²) >= 11 is 12.4. The lowest BCUT2D eigenvalue weighted by atomic mass is 9.95. The molecule has 2 atom stereocenters. The van der Waals surface area contributed by atoms with Crippen LogP contribution in [0.15, 0.2) is 30.3 Å². The second-order valence-corrected chi connectivity index (χ2v) is 11.7. The predicted octanol–water partition coefficient (Wildman–Crippen LogP) is 6.55. The highest BCUT2D eigenvalue weighted by Crippen LogP contribution is 2.45. The summed E-state index contributed by atoms with van der Waals surface area (Å²) in [4.78, 5) is 28.3. The van der Waals surface area contributed by atoms with E-state index >= 15 is 4.39 Å². The van der Waals surface area contributed by atoms with E-state index in [4.69, 9.17) is 27.9 Å². The summed E-state index contributed by atoms with van der Waals surface area (Å²) in [7, 11) is 0. The number of rotatable bonds is 8. The van der Waals surface area contributed by atoms with Crippen LogP contribution in [0.1, 0.15) is 78.9 Å². The van der Waals surface area contributed by atoms with Crippen molar-refractivity contribution in [3.8, 4) is 5.75 Å². The minimum absolute atomic E-state index is 0.0594. The Balaban J connectivity index is 1.22. The van der Waals surface area contributed by atoms with Crippen molar-refractivity contribution in [1.29, 1.82) is 0 Å². The molecule has 2 aliphatic heterocycles. The van der Waals surface area contributed by atoms with Crippen molar-refractivity contribution in [1.82, 2.24) is 9.80 Å². The third-order valence-electron chi connectivity index (χ3n) is 8.18. The number of likely N-dealkylation sites (tertiary alicyclic amines) is 2. The van der Waals surface area contributed by atoms with Crippen molar-refractivity contribution in [2.24, 2.45) is 5.92 Å². The molecule has 5 rings (SSSR count). The van der Waals surface area contributed by atoms with Crippen LogP contribution >= 0.6 is 23.2 Å². The molecular weight excluding hydrogens is 530 g/mol. The van der Waals surface area contributed by atoms with Gasteiger partial charge in [0.15, 0.2) is 0 Å². The number of nitrogens with zero attached hydrogens (tertiary/aromatic N) is 2. The zero-order valence-corrected chi connectivity index (χ0v) is 23.0. The number of carbonyl (C=O) groups is 2.